The molecule has 1 aliphatic rings. The van der Waals surface area contributed by atoms with E-state index in [1.54, 1.807) is 7.05 Å². The highest BCUT2D eigenvalue weighted by atomic mass is 35.5. The standard InChI is InChI=1S/C25H27ClN6O2/c1-17-6-3-4-7-18(17)15-32-21(27-23-22(32)24(33)28-25(34)29(23)2)16-30-10-12-31(13-11-30)20-9-5-8-19(26)14-20/h3-9,14H,10-13,15-16H2,1-2H3,(H,28,33,34). The maximum Gasteiger partial charge on any atom is 0.329 e. The first-order chi connectivity index (χ1) is 16.4. The smallest absolute Gasteiger partial charge is 0.329 e. The van der Waals surface area contributed by atoms with Gasteiger partial charge >= 0.3 is 5.69 Å². The molecule has 0 radical (unpaired) electrons. The van der Waals surface area contributed by atoms with Gasteiger partial charge in [0.25, 0.3) is 5.56 Å². The molecule has 0 aliphatic carbocycles. The number of anilines is 1. The Kier molecular flexibility index (Phi) is 6.02. The van der Waals surface area contributed by atoms with Crippen molar-refractivity contribution in [3.05, 3.63) is 91.3 Å². The fourth-order valence-corrected chi connectivity index (χ4v) is 4.75. The predicted molar refractivity (Wildman–Crippen MR) is 135 cm³/mol. The second kappa shape index (κ2) is 9.12. The van der Waals surface area contributed by atoms with Crippen LogP contribution in [0.25, 0.3) is 11.2 Å². The number of fused-ring (bicyclic) bond motifs is 1. The van der Waals surface area contributed by atoms with Crippen LogP contribution in [-0.2, 0) is 20.1 Å². The lowest BCUT2D eigenvalue weighted by molar-refractivity contribution is 0.241. The summed E-state index contributed by atoms with van der Waals surface area (Å²) in [5.74, 6) is 0.779. The minimum atomic E-state index is -0.459. The fourth-order valence-electron chi connectivity index (χ4n) is 4.57. The Hall–Kier alpha value is -3.36. The zero-order chi connectivity index (χ0) is 23.8. The molecule has 1 aliphatic heterocycles. The summed E-state index contributed by atoms with van der Waals surface area (Å²) in [5, 5.41) is 0.737. The second-order valence-corrected chi connectivity index (χ2v) is 9.21. The number of nitrogens with one attached hydrogen (secondary N) is 1. The van der Waals surface area contributed by atoms with Crippen molar-refractivity contribution < 1.29 is 0 Å². The van der Waals surface area contributed by atoms with Crippen molar-refractivity contribution >= 4 is 28.5 Å². The van der Waals surface area contributed by atoms with Crippen molar-refractivity contribution in [1.29, 1.82) is 0 Å². The number of aromatic nitrogens is 4. The molecule has 34 heavy (non-hydrogen) atoms. The summed E-state index contributed by atoms with van der Waals surface area (Å²) in [7, 11) is 1.64. The molecule has 0 spiro atoms. The summed E-state index contributed by atoms with van der Waals surface area (Å²) in [6, 6.07) is 16.0. The molecule has 9 heteroatoms. The summed E-state index contributed by atoms with van der Waals surface area (Å²) >= 11 is 6.17. The van der Waals surface area contributed by atoms with Gasteiger partial charge in [-0.1, -0.05) is 41.9 Å². The molecule has 5 rings (SSSR count). The van der Waals surface area contributed by atoms with Crippen LogP contribution in [0, 0.1) is 6.92 Å². The number of halogens is 1. The summed E-state index contributed by atoms with van der Waals surface area (Å²) < 4.78 is 3.37. The molecule has 0 amide bonds. The van der Waals surface area contributed by atoms with Crippen molar-refractivity contribution in [2.24, 2.45) is 7.05 Å². The van der Waals surface area contributed by atoms with Crippen molar-refractivity contribution in [1.82, 2.24) is 24.0 Å². The van der Waals surface area contributed by atoms with Gasteiger partial charge in [0.15, 0.2) is 11.2 Å². The lowest BCUT2D eigenvalue weighted by atomic mass is 10.1. The zero-order valence-electron chi connectivity index (χ0n) is 19.3. The van der Waals surface area contributed by atoms with Gasteiger partial charge in [-0.3, -0.25) is 19.2 Å². The van der Waals surface area contributed by atoms with Crippen molar-refractivity contribution in [3.63, 3.8) is 0 Å². The fraction of sp³-hybridized carbons (Fsp3) is 0.320. The SMILES string of the molecule is Cc1ccccc1Cn1c(CN2CCN(c3cccc(Cl)c3)CC2)nc2c1c(=O)[nH]c(=O)n2C. The molecular formula is C25H27ClN6O2. The quantitative estimate of drug-likeness (QED) is 0.477. The lowest BCUT2D eigenvalue weighted by Gasteiger charge is -2.36. The molecule has 0 bridgehead atoms. The van der Waals surface area contributed by atoms with Crippen molar-refractivity contribution in [2.75, 3.05) is 31.1 Å². The van der Waals surface area contributed by atoms with Crippen LogP contribution in [0.5, 0.6) is 0 Å². The van der Waals surface area contributed by atoms with Gasteiger partial charge in [-0.25, -0.2) is 9.78 Å². The molecular weight excluding hydrogens is 452 g/mol. The molecule has 1 fully saturated rings. The molecule has 1 N–H and O–H groups in total. The van der Waals surface area contributed by atoms with Crippen molar-refractivity contribution in [2.45, 2.75) is 20.0 Å². The van der Waals surface area contributed by atoms with Gasteiger partial charge in [-0.05, 0) is 36.2 Å². The Morgan fingerprint density at radius 3 is 2.50 bits per heavy atom. The van der Waals surface area contributed by atoms with E-state index in [1.165, 1.54) is 4.57 Å². The third-order valence-corrected chi connectivity index (χ3v) is 6.82. The summed E-state index contributed by atoms with van der Waals surface area (Å²) in [6.07, 6.45) is 0. The predicted octanol–water partition coefficient (Wildman–Crippen LogP) is 2.76. The third-order valence-electron chi connectivity index (χ3n) is 6.59. The van der Waals surface area contributed by atoms with E-state index in [0.29, 0.717) is 24.3 Å². The van der Waals surface area contributed by atoms with Gasteiger partial charge < -0.3 is 9.47 Å². The monoisotopic (exact) mass is 478 g/mol. The topological polar surface area (TPSA) is 79.2 Å². The lowest BCUT2D eigenvalue weighted by Crippen LogP contribution is -2.46. The highest BCUT2D eigenvalue weighted by Gasteiger charge is 2.23. The molecule has 1 saturated heterocycles. The number of aryl methyl sites for hydroxylation is 2. The number of piperazine rings is 1. The van der Waals surface area contributed by atoms with E-state index in [9.17, 15) is 9.59 Å². The van der Waals surface area contributed by atoms with E-state index in [0.717, 1.165) is 53.8 Å². The van der Waals surface area contributed by atoms with Gasteiger partial charge in [0.2, 0.25) is 0 Å². The molecule has 0 unspecified atom stereocenters. The molecule has 8 nitrogen and oxygen atoms in total. The number of rotatable bonds is 5. The number of aromatic amines is 1. The minimum absolute atomic E-state index is 0.406. The maximum absolute atomic E-state index is 12.8. The first-order valence-corrected chi connectivity index (χ1v) is 11.7. The van der Waals surface area contributed by atoms with Gasteiger partial charge in [0.05, 0.1) is 6.54 Å². The van der Waals surface area contributed by atoms with E-state index in [1.807, 2.05) is 34.9 Å². The molecule has 176 valence electrons. The Labute approximate surface area is 202 Å². The minimum Gasteiger partial charge on any atom is -0.369 e. The molecule has 0 saturated carbocycles. The van der Waals surface area contributed by atoms with Crippen LogP contribution in [0.1, 0.15) is 17.0 Å². The van der Waals surface area contributed by atoms with E-state index >= 15 is 0 Å². The van der Waals surface area contributed by atoms with Gasteiger partial charge in [0.1, 0.15) is 5.82 Å². The van der Waals surface area contributed by atoms with Crippen LogP contribution < -0.4 is 16.1 Å². The van der Waals surface area contributed by atoms with Crippen LogP contribution >= 0.6 is 11.6 Å². The number of hydrogen-bond acceptors (Lipinski definition) is 5. The van der Waals surface area contributed by atoms with Crippen LogP contribution in [-0.4, -0.2) is 50.2 Å². The number of imidazole rings is 1. The largest absolute Gasteiger partial charge is 0.369 e. The zero-order valence-corrected chi connectivity index (χ0v) is 20.0. The van der Waals surface area contributed by atoms with E-state index in [2.05, 4.69) is 39.9 Å². The number of nitrogens with zero attached hydrogens (tertiary/aromatic N) is 5. The van der Waals surface area contributed by atoms with Gasteiger partial charge in [-0.15, -0.1) is 0 Å². The van der Waals surface area contributed by atoms with E-state index < -0.39 is 11.2 Å². The molecule has 2 aromatic heterocycles. The van der Waals surface area contributed by atoms with E-state index in [4.69, 9.17) is 16.6 Å². The number of hydrogen-bond donors (Lipinski definition) is 1. The molecule has 4 aromatic rings. The summed E-state index contributed by atoms with van der Waals surface area (Å²) in [4.78, 5) is 36.9. The third kappa shape index (κ3) is 4.26. The second-order valence-electron chi connectivity index (χ2n) is 8.77. The first kappa shape index (κ1) is 22.4. The Morgan fingerprint density at radius 2 is 1.76 bits per heavy atom. The molecule has 0 atom stereocenters. The van der Waals surface area contributed by atoms with Crippen LogP contribution in [0.4, 0.5) is 5.69 Å². The maximum atomic E-state index is 12.8. The van der Waals surface area contributed by atoms with Crippen molar-refractivity contribution in [3.8, 4) is 0 Å². The highest BCUT2D eigenvalue weighted by Crippen LogP contribution is 2.22. The summed E-state index contributed by atoms with van der Waals surface area (Å²) in [6.45, 7) is 6.63. The van der Waals surface area contributed by atoms with E-state index in [-0.39, 0.29) is 0 Å². The molecule has 3 heterocycles. The van der Waals surface area contributed by atoms with Crippen LogP contribution in [0.2, 0.25) is 5.02 Å². The average Bonchev–Trinajstić information content (AvgIpc) is 3.18. The van der Waals surface area contributed by atoms with Crippen LogP contribution in [0.15, 0.2) is 58.1 Å². The molecule has 2 aromatic carbocycles. The normalized spacial score (nSPS) is 14.7. The summed E-state index contributed by atoms with van der Waals surface area (Å²) in [5.41, 5.74) is 3.36. The first-order valence-electron chi connectivity index (χ1n) is 11.4. The number of H-pyrrole nitrogens is 1. The van der Waals surface area contributed by atoms with Gasteiger partial charge in [-0.2, -0.15) is 0 Å². The Bertz CT molecular complexity index is 1460. The van der Waals surface area contributed by atoms with Crippen LogP contribution in [0.3, 0.4) is 0 Å². The average molecular weight is 479 g/mol. The number of benzene rings is 2. The highest BCUT2D eigenvalue weighted by molar-refractivity contribution is 6.30. The Balaban J connectivity index is 1.45. The van der Waals surface area contributed by atoms with Gasteiger partial charge in [0, 0.05) is 50.5 Å². The Morgan fingerprint density at radius 1 is 1.00 bits per heavy atom.